The van der Waals surface area contributed by atoms with Gasteiger partial charge in [-0.15, -0.1) is 0 Å². The normalized spacial score (nSPS) is 18.1. The molecule has 1 N–H and O–H groups in total. The van der Waals surface area contributed by atoms with Crippen LogP contribution in [0.2, 0.25) is 0 Å². The van der Waals surface area contributed by atoms with Crippen LogP contribution in [0, 0.1) is 0 Å². The largest absolute Gasteiger partial charge is 0.344 e. The van der Waals surface area contributed by atoms with Gasteiger partial charge in [0.05, 0.1) is 0 Å². The third kappa shape index (κ3) is 1.74. The highest BCUT2D eigenvalue weighted by molar-refractivity contribution is 8.12. The summed E-state index contributed by atoms with van der Waals surface area (Å²) in [6.07, 6.45) is 4.14. The summed E-state index contributed by atoms with van der Waals surface area (Å²) in [6.45, 7) is 0. The molecule has 1 fully saturated rings. The molecule has 0 unspecified atom stereocenters. The Labute approximate surface area is 53.0 Å². The fourth-order valence-electron chi connectivity index (χ4n) is 0.453. The summed E-state index contributed by atoms with van der Waals surface area (Å²) in [5.41, 5.74) is 0. The van der Waals surface area contributed by atoms with E-state index < -0.39 is 0 Å². The van der Waals surface area contributed by atoms with Crippen molar-refractivity contribution in [1.29, 1.82) is 0 Å². The Morgan fingerprint density at radius 3 is 2.75 bits per heavy atom. The van der Waals surface area contributed by atoms with Crippen molar-refractivity contribution in [3.8, 4) is 0 Å². The summed E-state index contributed by atoms with van der Waals surface area (Å²) in [5.74, 6) is 0. The van der Waals surface area contributed by atoms with Gasteiger partial charge < -0.3 is 5.32 Å². The van der Waals surface area contributed by atoms with E-state index in [1.165, 1.54) is 24.6 Å². The Bertz CT molecular complexity index is 101. The zero-order valence-corrected chi connectivity index (χ0v) is 5.62. The van der Waals surface area contributed by atoms with Crippen LogP contribution in [0.3, 0.4) is 0 Å². The van der Waals surface area contributed by atoms with E-state index in [0.29, 0.717) is 6.04 Å². The molecule has 0 aliphatic heterocycles. The van der Waals surface area contributed by atoms with Gasteiger partial charge in [-0.3, -0.25) is 4.79 Å². The van der Waals surface area contributed by atoms with Crippen LogP contribution in [0.25, 0.3) is 0 Å². The number of carbonyl (C=O) groups is 1. The minimum Gasteiger partial charge on any atom is -0.344 e. The summed E-state index contributed by atoms with van der Waals surface area (Å²) < 4.78 is 0. The average Bonchev–Trinajstić information content (AvgIpc) is 2.50. The number of hydrogen-bond acceptors (Lipinski definition) is 2. The fourth-order valence-corrected chi connectivity index (χ4v) is 0.738. The standard InChI is InChI=1S/C5H9NOS/c1-8-5(7)6-4-2-3-4/h4H,2-3H2,1H3,(H,6,7). The van der Waals surface area contributed by atoms with Crippen molar-refractivity contribution in [2.75, 3.05) is 6.26 Å². The third-order valence-corrected chi connectivity index (χ3v) is 1.57. The molecule has 46 valence electrons. The second-order valence-electron chi connectivity index (χ2n) is 1.91. The molecule has 0 aromatic rings. The summed E-state index contributed by atoms with van der Waals surface area (Å²) in [5, 5.41) is 2.93. The second kappa shape index (κ2) is 2.40. The quantitative estimate of drug-likeness (QED) is 0.579. The highest BCUT2D eigenvalue weighted by Crippen LogP contribution is 2.19. The molecule has 8 heavy (non-hydrogen) atoms. The second-order valence-corrected chi connectivity index (χ2v) is 2.69. The molecule has 0 atom stereocenters. The van der Waals surface area contributed by atoms with Crippen molar-refractivity contribution in [3.63, 3.8) is 0 Å². The van der Waals surface area contributed by atoms with Crippen LogP contribution < -0.4 is 5.32 Å². The first-order valence-electron chi connectivity index (χ1n) is 2.67. The highest BCUT2D eigenvalue weighted by Gasteiger charge is 2.22. The minimum absolute atomic E-state index is 0.104. The van der Waals surface area contributed by atoms with Gasteiger partial charge in [0.25, 0.3) is 5.24 Å². The average molecular weight is 131 g/mol. The van der Waals surface area contributed by atoms with Crippen molar-refractivity contribution >= 4 is 17.0 Å². The summed E-state index contributed by atoms with van der Waals surface area (Å²) >= 11 is 1.24. The molecular formula is C5H9NOS. The van der Waals surface area contributed by atoms with Crippen LogP contribution in [-0.2, 0) is 0 Å². The van der Waals surface area contributed by atoms with Crippen LogP contribution in [0.5, 0.6) is 0 Å². The van der Waals surface area contributed by atoms with Crippen molar-refractivity contribution < 1.29 is 4.79 Å². The molecule has 1 rings (SSSR count). The Hall–Kier alpha value is -0.180. The van der Waals surface area contributed by atoms with E-state index in [1.54, 1.807) is 6.26 Å². The summed E-state index contributed by atoms with van der Waals surface area (Å²) in [4.78, 5) is 10.5. The lowest BCUT2D eigenvalue weighted by Gasteiger charge is -1.95. The molecule has 0 bridgehead atoms. The molecule has 0 heterocycles. The van der Waals surface area contributed by atoms with Crippen molar-refractivity contribution in [3.05, 3.63) is 0 Å². The molecule has 1 aliphatic rings. The topological polar surface area (TPSA) is 29.1 Å². The van der Waals surface area contributed by atoms with E-state index in [0.717, 1.165) is 0 Å². The van der Waals surface area contributed by atoms with Gasteiger partial charge in [0.1, 0.15) is 0 Å². The van der Waals surface area contributed by atoms with E-state index in [2.05, 4.69) is 5.32 Å². The molecule has 3 heteroatoms. The monoisotopic (exact) mass is 131 g/mol. The van der Waals surface area contributed by atoms with Crippen LogP contribution in [0.1, 0.15) is 12.8 Å². The molecule has 2 nitrogen and oxygen atoms in total. The number of hydrogen-bond donors (Lipinski definition) is 1. The number of carbonyl (C=O) groups excluding carboxylic acids is 1. The van der Waals surface area contributed by atoms with Crippen molar-refractivity contribution in [1.82, 2.24) is 5.32 Å². The van der Waals surface area contributed by atoms with Gasteiger partial charge in [-0.25, -0.2) is 0 Å². The third-order valence-electron chi connectivity index (χ3n) is 1.08. The number of amides is 1. The van der Waals surface area contributed by atoms with Crippen LogP contribution in [-0.4, -0.2) is 17.5 Å². The molecule has 1 aliphatic carbocycles. The first-order chi connectivity index (χ1) is 3.83. The van der Waals surface area contributed by atoms with Crippen LogP contribution in [0.15, 0.2) is 0 Å². The number of rotatable bonds is 1. The van der Waals surface area contributed by atoms with E-state index >= 15 is 0 Å². The lowest BCUT2D eigenvalue weighted by Crippen LogP contribution is -2.19. The number of thioether (sulfide) groups is 1. The lowest BCUT2D eigenvalue weighted by molar-refractivity contribution is 0.260. The predicted octanol–water partition coefficient (Wildman–Crippen LogP) is 1.22. The van der Waals surface area contributed by atoms with Crippen molar-refractivity contribution in [2.24, 2.45) is 0 Å². The zero-order valence-electron chi connectivity index (χ0n) is 4.81. The van der Waals surface area contributed by atoms with E-state index in [-0.39, 0.29) is 5.24 Å². The summed E-state index contributed by atoms with van der Waals surface area (Å²) in [7, 11) is 0. The van der Waals surface area contributed by atoms with Crippen molar-refractivity contribution in [2.45, 2.75) is 18.9 Å². The number of nitrogens with one attached hydrogen (secondary N) is 1. The van der Waals surface area contributed by atoms with E-state index in [4.69, 9.17) is 0 Å². The molecule has 0 aromatic carbocycles. The van der Waals surface area contributed by atoms with Crippen LogP contribution >= 0.6 is 11.8 Å². The molecule has 1 saturated carbocycles. The van der Waals surface area contributed by atoms with E-state index in [9.17, 15) is 4.79 Å². The molecule has 0 radical (unpaired) electrons. The lowest BCUT2D eigenvalue weighted by atomic mass is 10.7. The zero-order chi connectivity index (χ0) is 5.98. The Balaban J connectivity index is 2.07. The van der Waals surface area contributed by atoms with E-state index in [1.807, 2.05) is 0 Å². The Morgan fingerprint density at radius 1 is 1.75 bits per heavy atom. The highest BCUT2D eigenvalue weighted by atomic mass is 32.2. The maximum atomic E-state index is 10.5. The molecule has 0 saturated heterocycles. The first-order valence-corrected chi connectivity index (χ1v) is 3.90. The van der Waals surface area contributed by atoms with Gasteiger partial charge in [0, 0.05) is 6.04 Å². The Kier molecular flexibility index (Phi) is 1.78. The van der Waals surface area contributed by atoms with Gasteiger partial charge in [-0.05, 0) is 19.1 Å². The minimum atomic E-state index is 0.104. The predicted molar refractivity (Wildman–Crippen MR) is 35.1 cm³/mol. The van der Waals surface area contributed by atoms with Gasteiger partial charge in [0.15, 0.2) is 0 Å². The van der Waals surface area contributed by atoms with Gasteiger partial charge in [0.2, 0.25) is 0 Å². The van der Waals surface area contributed by atoms with Gasteiger partial charge in [-0.2, -0.15) is 0 Å². The maximum absolute atomic E-state index is 10.5. The maximum Gasteiger partial charge on any atom is 0.278 e. The summed E-state index contributed by atoms with van der Waals surface area (Å²) in [6, 6.07) is 0.509. The fraction of sp³-hybridized carbons (Fsp3) is 0.800. The Morgan fingerprint density at radius 2 is 2.38 bits per heavy atom. The molecule has 0 aromatic heterocycles. The smallest absolute Gasteiger partial charge is 0.278 e. The SMILES string of the molecule is CSC(=O)NC1CC1. The van der Waals surface area contributed by atoms with Gasteiger partial charge in [-0.1, -0.05) is 11.8 Å². The van der Waals surface area contributed by atoms with Gasteiger partial charge >= 0.3 is 0 Å². The first kappa shape index (κ1) is 5.95. The van der Waals surface area contributed by atoms with Crippen LogP contribution in [0.4, 0.5) is 4.79 Å². The molecule has 1 amide bonds. The molecular weight excluding hydrogens is 122 g/mol. The molecule has 0 spiro atoms.